The Hall–Kier alpha value is -1.71. The maximum atomic E-state index is 10.9. The standard InChI is InChI=1S/C24H27ClO7/c1-2-30-17-6-3-14(4-7-17)11-15-12-16(5-8-18(15)25)24-21(28)19(26)20(27)23(32-24,13-31-24)22(29)9-10-22/h3-8,12,19-21,26-29H,2,9-11,13H2,1H3/t19-,20-,21+,23-,24-/m0/s1. The Balaban J connectivity index is 1.48. The highest BCUT2D eigenvalue weighted by atomic mass is 35.5. The molecule has 1 saturated carbocycles. The molecule has 5 rings (SSSR count). The van der Waals surface area contributed by atoms with Gasteiger partial charge in [-0.05, 0) is 61.6 Å². The fourth-order valence-corrected chi connectivity index (χ4v) is 5.07. The lowest BCUT2D eigenvalue weighted by Gasteiger charge is -2.48. The molecule has 0 aromatic heterocycles. The molecule has 2 aromatic carbocycles. The van der Waals surface area contributed by atoms with Crippen molar-refractivity contribution < 1.29 is 34.6 Å². The molecule has 2 aromatic rings. The van der Waals surface area contributed by atoms with E-state index in [1.165, 1.54) is 0 Å². The van der Waals surface area contributed by atoms with E-state index in [9.17, 15) is 20.4 Å². The Morgan fingerprint density at radius 2 is 1.78 bits per heavy atom. The third kappa shape index (κ3) is 3.19. The maximum Gasteiger partial charge on any atom is 0.225 e. The minimum Gasteiger partial charge on any atom is -0.494 e. The smallest absolute Gasteiger partial charge is 0.225 e. The number of halogens is 1. The van der Waals surface area contributed by atoms with Gasteiger partial charge in [0, 0.05) is 10.6 Å². The van der Waals surface area contributed by atoms with Gasteiger partial charge in [0.1, 0.15) is 24.1 Å². The van der Waals surface area contributed by atoms with Crippen LogP contribution in [-0.4, -0.2) is 63.2 Å². The highest BCUT2D eigenvalue weighted by molar-refractivity contribution is 6.31. The first kappa shape index (κ1) is 22.1. The summed E-state index contributed by atoms with van der Waals surface area (Å²) >= 11 is 6.47. The lowest BCUT2D eigenvalue weighted by Crippen LogP contribution is -2.68. The molecule has 7 nitrogen and oxygen atoms in total. The predicted molar refractivity (Wildman–Crippen MR) is 116 cm³/mol. The average Bonchev–Trinajstić information content (AvgIpc) is 3.42. The molecule has 1 aliphatic carbocycles. The van der Waals surface area contributed by atoms with Crippen molar-refractivity contribution in [1.82, 2.24) is 0 Å². The number of hydrogen-bond acceptors (Lipinski definition) is 7. The first-order valence-electron chi connectivity index (χ1n) is 10.9. The molecule has 2 heterocycles. The van der Waals surface area contributed by atoms with Crippen molar-refractivity contribution in [3.63, 3.8) is 0 Å². The summed E-state index contributed by atoms with van der Waals surface area (Å²) in [7, 11) is 0. The van der Waals surface area contributed by atoms with Gasteiger partial charge < -0.3 is 34.6 Å². The summed E-state index contributed by atoms with van der Waals surface area (Å²) in [6.07, 6.45) is -3.19. The molecule has 5 atom stereocenters. The fourth-order valence-electron chi connectivity index (χ4n) is 4.89. The van der Waals surface area contributed by atoms with E-state index in [1.807, 2.05) is 31.2 Å². The molecule has 0 unspecified atom stereocenters. The Bertz CT molecular complexity index is 1010. The lowest BCUT2D eigenvalue weighted by atomic mass is 9.79. The van der Waals surface area contributed by atoms with Crippen LogP contribution in [0.15, 0.2) is 42.5 Å². The summed E-state index contributed by atoms with van der Waals surface area (Å²) in [4.78, 5) is 0. The van der Waals surface area contributed by atoms with Crippen LogP contribution >= 0.6 is 11.6 Å². The van der Waals surface area contributed by atoms with E-state index in [0.29, 0.717) is 36.5 Å². The molecular formula is C24H27ClO7. The average molecular weight is 463 g/mol. The topological polar surface area (TPSA) is 109 Å². The van der Waals surface area contributed by atoms with Crippen LogP contribution in [0, 0.1) is 0 Å². The quantitative estimate of drug-likeness (QED) is 0.519. The summed E-state index contributed by atoms with van der Waals surface area (Å²) < 4.78 is 17.6. The molecule has 0 spiro atoms. The van der Waals surface area contributed by atoms with Crippen molar-refractivity contribution in [1.29, 1.82) is 0 Å². The molecule has 8 heteroatoms. The monoisotopic (exact) mass is 462 g/mol. The number of benzene rings is 2. The number of aliphatic hydroxyl groups excluding tert-OH is 3. The van der Waals surface area contributed by atoms with Crippen LogP contribution in [0.1, 0.15) is 36.5 Å². The Kier molecular flexibility index (Phi) is 5.30. The van der Waals surface area contributed by atoms with Gasteiger partial charge in [0.05, 0.1) is 18.8 Å². The molecular weight excluding hydrogens is 436 g/mol. The molecule has 32 heavy (non-hydrogen) atoms. The molecule has 2 aliphatic heterocycles. The minimum absolute atomic E-state index is 0.143. The van der Waals surface area contributed by atoms with Crippen LogP contribution in [0.5, 0.6) is 5.75 Å². The van der Waals surface area contributed by atoms with Crippen molar-refractivity contribution >= 4 is 11.6 Å². The molecule has 172 valence electrons. The largest absolute Gasteiger partial charge is 0.494 e. The molecule has 3 aliphatic rings. The second kappa shape index (κ2) is 7.67. The zero-order valence-corrected chi connectivity index (χ0v) is 18.5. The number of ether oxygens (including phenoxy) is 3. The van der Waals surface area contributed by atoms with Gasteiger partial charge in [-0.15, -0.1) is 0 Å². The van der Waals surface area contributed by atoms with Gasteiger partial charge in [-0.2, -0.15) is 0 Å². The molecule has 0 radical (unpaired) electrons. The molecule has 2 saturated heterocycles. The number of fused-ring (bicyclic) bond motifs is 2. The summed E-state index contributed by atoms with van der Waals surface area (Å²) in [6.45, 7) is 2.38. The third-order valence-electron chi connectivity index (χ3n) is 6.94. The fraction of sp³-hybridized carbons (Fsp3) is 0.500. The first-order valence-corrected chi connectivity index (χ1v) is 11.2. The van der Waals surface area contributed by atoms with E-state index in [0.717, 1.165) is 16.9 Å². The van der Waals surface area contributed by atoms with Crippen LogP contribution < -0.4 is 4.74 Å². The zero-order chi connectivity index (χ0) is 22.7. The van der Waals surface area contributed by atoms with Crippen molar-refractivity contribution in [3.05, 3.63) is 64.2 Å². The van der Waals surface area contributed by atoms with E-state index < -0.39 is 35.3 Å². The maximum absolute atomic E-state index is 10.9. The number of aliphatic hydroxyl groups is 4. The summed E-state index contributed by atoms with van der Waals surface area (Å²) in [5, 5.41) is 43.5. The van der Waals surface area contributed by atoms with Crippen molar-refractivity contribution in [2.24, 2.45) is 0 Å². The van der Waals surface area contributed by atoms with Gasteiger partial charge in [-0.3, -0.25) is 0 Å². The van der Waals surface area contributed by atoms with Crippen molar-refractivity contribution in [3.8, 4) is 5.75 Å². The van der Waals surface area contributed by atoms with Crippen LogP contribution in [-0.2, 0) is 21.7 Å². The summed E-state index contributed by atoms with van der Waals surface area (Å²) in [6, 6.07) is 12.8. The Morgan fingerprint density at radius 3 is 2.44 bits per heavy atom. The van der Waals surface area contributed by atoms with E-state index in [4.69, 9.17) is 25.8 Å². The van der Waals surface area contributed by atoms with Crippen LogP contribution in [0.3, 0.4) is 0 Å². The number of rotatable bonds is 6. The normalized spacial score (nSPS) is 35.0. The molecule has 3 fully saturated rings. The second-order valence-corrected chi connectivity index (χ2v) is 9.33. The Morgan fingerprint density at radius 1 is 1.06 bits per heavy atom. The summed E-state index contributed by atoms with van der Waals surface area (Å²) in [5.74, 6) is -0.926. The third-order valence-corrected chi connectivity index (χ3v) is 7.31. The van der Waals surface area contributed by atoms with E-state index >= 15 is 0 Å². The van der Waals surface area contributed by atoms with Gasteiger partial charge in [-0.1, -0.05) is 29.8 Å². The van der Waals surface area contributed by atoms with Crippen LogP contribution in [0.4, 0.5) is 0 Å². The van der Waals surface area contributed by atoms with Gasteiger partial charge in [0.25, 0.3) is 0 Å². The van der Waals surface area contributed by atoms with Crippen molar-refractivity contribution in [2.75, 3.05) is 13.2 Å². The number of hydrogen-bond donors (Lipinski definition) is 4. The highest BCUT2D eigenvalue weighted by Crippen LogP contribution is 2.59. The lowest BCUT2D eigenvalue weighted by molar-refractivity contribution is -0.341. The van der Waals surface area contributed by atoms with Gasteiger partial charge in [0.15, 0.2) is 5.60 Å². The SMILES string of the molecule is CCOc1ccc(Cc2cc([C@]34OC[C@](C5(O)CC5)(O3)[C@@H](O)[C@H](O)[C@H]4O)ccc2Cl)cc1. The van der Waals surface area contributed by atoms with Crippen LogP contribution in [0.2, 0.25) is 5.02 Å². The predicted octanol–water partition coefficient (Wildman–Crippen LogP) is 1.89. The molecule has 0 amide bonds. The molecule has 2 bridgehead atoms. The highest BCUT2D eigenvalue weighted by Gasteiger charge is 2.76. The van der Waals surface area contributed by atoms with Gasteiger partial charge in [-0.25, -0.2) is 0 Å². The van der Waals surface area contributed by atoms with Crippen molar-refractivity contribution in [2.45, 2.75) is 61.5 Å². The van der Waals surface area contributed by atoms with Crippen LogP contribution in [0.25, 0.3) is 0 Å². The molecule has 4 N–H and O–H groups in total. The van der Waals surface area contributed by atoms with E-state index in [1.54, 1.807) is 18.2 Å². The summed E-state index contributed by atoms with van der Waals surface area (Å²) in [5.41, 5.74) is -0.537. The van der Waals surface area contributed by atoms with E-state index in [2.05, 4.69) is 0 Å². The zero-order valence-electron chi connectivity index (χ0n) is 17.7. The van der Waals surface area contributed by atoms with Gasteiger partial charge >= 0.3 is 0 Å². The van der Waals surface area contributed by atoms with Gasteiger partial charge in [0.2, 0.25) is 5.79 Å². The minimum atomic E-state index is -1.71. The first-order chi connectivity index (χ1) is 15.2. The second-order valence-electron chi connectivity index (χ2n) is 8.92. The Labute approximate surface area is 191 Å². The van der Waals surface area contributed by atoms with E-state index in [-0.39, 0.29) is 6.61 Å².